The molecule has 0 fully saturated rings. The van der Waals surface area contributed by atoms with Crippen molar-refractivity contribution in [1.29, 1.82) is 0 Å². The Kier molecular flexibility index (Phi) is 4.44. The van der Waals surface area contributed by atoms with Crippen molar-refractivity contribution in [3.8, 4) is 11.4 Å². The van der Waals surface area contributed by atoms with E-state index in [0.717, 1.165) is 32.1 Å². The van der Waals surface area contributed by atoms with E-state index < -0.39 is 0 Å². The van der Waals surface area contributed by atoms with Gasteiger partial charge in [0, 0.05) is 30.2 Å². The fourth-order valence-corrected chi connectivity index (χ4v) is 4.01. The van der Waals surface area contributed by atoms with Gasteiger partial charge < -0.3 is 9.88 Å². The van der Waals surface area contributed by atoms with Crippen LogP contribution >= 0.6 is 23.6 Å². The van der Waals surface area contributed by atoms with E-state index in [1.165, 1.54) is 23.5 Å². The Hall–Kier alpha value is -2.71. The van der Waals surface area contributed by atoms with Crippen LogP contribution in [-0.4, -0.2) is 19.5 Å². The average Bonchev–Trinajstić information content (AvgIpc) is 2.99. The molecule has 0 bridgehead atoms. The van der Waals surface area contributed by atoms with Gasteiger partial charge in [-0.1, -0.05) is 11.3 Å². The lowest BCUT2D eigenvalue weighted by Crippen LogP contribution is -2.02. The van der Waals surface area contributed by atoms with Crippen molar-refractivity contribution in [3.05, 3.63) is 58.6 Å². The molecule has 0 saturated heterocycles. The fraction of sp³-hybridized carbons (Fsp3) is 0.111. The molecule has 1 aromatic carbocycles. The summed E-state index contributed by atoms with van der Waals surface area (Å²) in [5.41, 5.74) is 2.34. The molecule has 0 radical (unpaired) electrons. The zero-order chi connectivity index (χ0) is 18.1. The molecule has 0 aliphatic heterocycles. The molecule has 4 rings (SSSR count). The van der Waals surface area contributed by atoms with Crippen molar-refractivity contribution in [1.82, 2.24) is 19.5 Å². The molecular formula is C18H14FN5S2. The largest absolute Gasteiger partial charge is 0.339 e. The van der Waals surface area contributed by atoms with Gasteiger partial charge in [-0.3, -0.25) is 4.98 Å². The van der Waals surface area contributed by atoms with Gasteiger partial charge in [-0.15, -0.1) is 0 Å². The molecule has 0 spiro atoms. The Balaban J connectivity index is 1.92. The molecule has 0 aliphatic rings. The summed E-state index contributed by atoms with van der Waals surface area (Å²) in [4.78, 5) is 13.5. The second-order valence-corrected chi connectivity index (χ2v) is 7.18. The molecule has 26 heavy (non-hydrogen) atoms. The Morgan fingerprint density at radius 1 is 1.19 bits per heavy atom. The second kappa shape index (κ2) is 6.89. The number of hydrogen-bond acceptors (Lipinski definition) is 6. The van der Waals surface area contributed by atoms with E-state index in [1.807, 2.05) is 23.6 Å². The number of nitrogens with one attached hydrogen (secondary N) is 1. The smallest absolute Gasteiger partial charge is 0.165 e. The van der Waals surface area contributed by atoms with E-state index >= 15 is 0 Å². The van der Waals surface area contributed by atoms with E-state index in [4.69, 9.17) is 17.2 Å². The SMILES string of the molecule is CCn1c(=S)sc2c(Nc3ccc(F)cc3)nc(-c3cccnc3)nc21. The van der Waals surface area contributed by atoms with Crippen LogP contribution in [0.3, 0.4) is 0 Å². The molecule has 0 amide bonds. The van der Waals surface area contributed by atoms with Gasteiger partial charge in [0.2, 0.25) is 0 Å². The third kappa shape index (κ3) is 3.09. The predicted octanol–water partition coefficient (Wildman–Crippen LogP) is 5.19. The first kappa shape index (κ1) is 16.7. The lowest BCUT2D eigenvalue weighted by molar-refractivity contribution is 0.628. The number of halogens is 1. The summed E-state index contributed by atoms with van der Waals surface area (Å²) in [7, 11) is 0. The molecule has 0 saturated carbocycles. The Morgan fingerprint density at radius 3 is 2.69 bits per heavy atom. The second-order valence-electron chi connectivity index (χ2n) is 5.53. The first-order valence-corrected chi connectivity index (χ1v) is 9.22. The van der Waals surface area contributed by atoms with Gasteiger partial charge >= 0.3 is 0 Å². The number of aromatic nitrogens is 4. The van der Waals surface area contributed by atoms with Crippen LogP contribution in [0.15, 0.2) is 48.8 Å². The first-order valence-electron chi connectivity index (χ1n) is 8.00. The minimum absolute atomic E-state index is 0.285. The molecule has 5 nitrogen and oxygen atoms in total. The van der Waals surface area contributed by atoms with Crippen LogP contribution in [-0.2, 0) is 6.54 Å². The summed E-state index contributed by atoms with van der Waals surface area (Å²) in [6.45, 7) is 2.75. The number of thiazole rings is 1. The Labute approximate surface area is 158 Å². The van der Waals surface area contributed by atoms with Crippen molar-refractivity contribution in [3.63, 3.8) is 0 Å². The van der Waals surface area contributed by atoms with Gasteiger partial charge in [-0.2, -0.15) is 0 Å². The summed E-state index contributed by atoms with van der Waals surface area (Å²) in [5, 5.41) is 3.26. The zero-order valence-electron chi connectivity index (χ0n) is 13.8. The summed E-state index contributed by atoms with van der Waals surface area (Å²) in [6.07, 6.45) is 3.43. The van der Waals surface area contributed by atoms with E-state index in [-0.39, 0.29) is 5.82 Å². The predicted molar refractivity (Wildman–Crippen MR) is 105 cm³/mol. The van der Waals surface area contributed by atoms with Crippen LogP contribution in [0, 0.1) is 9.77 Å². The highest BCUT2D eigenvalue weighted by Crippen LogP contribution is 2.32. The van der Waals surface area contributed by atoms with Crippen molar-refractivity contribution < 1.29 is 4.39 Å². The number of aryl methyl sites for hydroxylation is 1. The minimum Gasteiger partial charge on any atom is -0.339 e. The normalized spacial score (nSPS) is 11.0. The molecule has 0 aliphatic carbocycles. The van der Waals surface area contributed by atoms with Crippen LogP contribution in [0.2, 0.25) is 0 Å². The average molecular weight is 383 g/mol. The highest BCUT2D eigenvalue weighted by Gasteiger charge is 2.15. The van der Waals surface area contributed by atoms with Gasteiger partial charge in [0.05, 0.1) is 0 Å². The Morgan fingerprint density at radius 2 is 2.00 bits per heavy atom. The summed E-state index contributed by atoms with van der Waals surface area (Å²) in [5.74, 6) is 0.918. The highest BCUT2D eigenvalue weighted by molar-refractivity contribution is 7.73. The molecule has 3 heterocycles. The number of hydrogen-bond donors (Lipinski definition) is 1. The molecule has 1 N–H and O–H groups in total. The molecule has 8 heteroatoms. The number of fused-ring (bicyclic) bond motifs is 1. The van der Waals surface area contributed by atoms with Gasteiger partial charge in [0.15, 0.2) is 21.2 Å². The summed E-state index contributed by atoms with van der Waals surface area (Å²) < 4.78 is 16.8. The van der Waals surface area contributed by atoms with Gasteiger partial charge in [0.1, 0.15) is 10.5 Å². The molecule has 4 aromatic rings. The molecule has 3 aromatic heterocycles. The maximum Gasteiger partial charge on any atom is 0.165 e. The third-order valence-corrected chi connectivity index (χ3v) is 5.30. The van der Waals surface area contributed by atoms with Crippen LogP contribution in [0.25, 0.3) is 21.7 Å². The maximum absolute atomic E-state index is 13.2. The molecule has 0 unspecified atom stereocenters. The van der Waals surface area contributed by atoms with Crippen molar-refractivity contribution >= 4 is 45.4 Å². The number of benzene rings is 1. The van der Waals surface area contributed by atoms with Crippen LogP contribution in [0.4, 0.5) is 15.9 Å². The number of nitrogens with zero attached hydrogens (tertiary/aromatic N) is 4. The van der Waals surface area contributed by atoms with E-state index in [1.54, 1.807) is 24.5 Å². The lowest BCUT2D eigenvalue weighted by Gasteiger charge is -2.09. The first-order chi connectivity index (χ1) is 12.7. The van der Waals surface area contributed by atoms with Gasteiger partial charge in [-0.25, -0.2) is 14.4 Å². The van der Waals surface area contributed by atoms with Gasteiger partial charge in [0.25, 0.3) is 0 Å². The van der Waals surface area contributed by atoms with E-state index in [9.17, 15) is 4.39 Å². The van der Waals surface area contributed by atoms with E-state index in [0.29, 0.717) is 11.6 Å². The molecular weight excluding hydrogens is 369 g/mol. The topological polar surface area (TPSA) is 55.6 Å². The monoisotopic (exact) mass is 383 g/mol. The zero-order valence-corrected chi connectivity index (χ0v) is 15.4. The summed E-state index contributed by atoms with van der Waals surface area (Å²) >= 11 is 6.93. The van der Waals surface area contributed by atoms with Crippen LogP contribution in [0.1, 0.15) is 6.92 Å². The fourth-order valence-electron chi connectivity index (χ4n) is 2.60. The standard InChI is InChI=1S/C18H14FN5S2/c1-2-24-17-14(26-18(24)25)16(21-13-7-5-12(19)6-8-13)22-15(23-17)11-4-3-9-20-10-11/h3-10H,2H2,1H3,(H,21,22,23). The lowest BCUT2D eigenvalue weighted by atomic mass is 10.2. The maximum atomic E-state index is 13.2. The van der Waals surface area contributed by atoms with Crippen LogP contribution < -0.4 is 5.32 Å². The van der Waals surface area contributed by atoms with Crippen LogP contribution in [0.5, 0.6) is 0 Å². The van der Waals surface area contributed by atoms with Crippen molar-refractivity contribution in [2.45, 2.75) is 13.5 Å². The molecule has 130 valence electrons. The number of pyridine rings is 1. The van der Waals surface area contributed by atoms with Crippen molar-refractivity contribution in [2.75, 3.05) is 5.32 Å². The Bertz CT molecular complexity index is 1120. The number of rotatable bonds is 4. The van der Waals surface area contributed by atoms with E-state index in [2.05, 4.69) is 15.3 Å². The summed E-state index contributed by atoms with van der Waals surface area (Å²) in [6, 6.07) is 9.90. The number of anilines is 2. The molecule has 0 atom stereocenters. The van der Waals surface area contributed by atoms with Gasteiger partial charge in [-0.05, 0) is 55.5 Å². The van der Waals surface area contributed by atoms with Crippen molar-refractivity contribution in [2.24, 2.45) is 0 Å². The minimum atomic E-state index is -0.285. The third-order valence-electron chi connectivity index (χ3n) is 3.86. The quantitative estimate of drug-likeness (QED) is 0.492. The highest BCUT2D eigenvalue weighted by atomic mass is 32.1.